The molecule has 5 heteroatoms. The van der Waals surface area contributed by atoms with Crippen LogP contribution in [0.3, 0.4) is 0 Å². The molecule has 0 saturated carbocycles. The molecule has 0 spiro atoms. The van der Waals surface area contributed by atoms with Gasteiger partial charge in [0.2, 0.25) is 0 Å². The van der Waals surface area contributed by atoms with E-state index in [0.29, 0.717) is 10.7 Å². The Labute approximate surface area is 177 Å². The van der Waals surface area contributed by atoms with Crippen LogP contribution in [0.4, 0.5) is 0 Å². The van der Waals surface area contributed by atoms with Gasteiger partial charge in [-0.3, -0.25) is 4.79 Å². The maximum Gasteiger partial charge on any atom is 0.254 e. The lowest BCUT2D eigenvalue weighted by Crippen LogP contribution is -2.35. The van der Waals surface area contributed by atoms with Crippen LogP contribution in [0.5, 0.6) is 0 Å². The smallest absolute Gasteiger partial charge is 0.254 e. The molecule has 0 unspecified atom stereocenters. The van der Waals surface area contributed by atoms with Crippen molar-refractivity contribution in [3.05, 3.63) is 76.9 Å². The molecule has 0 radical (unpaired) electrons. The van der Waals surface area contributed by atoms with Crippen molar-refractivity contribution in [3.63, 3.8) is 0 Å². The Morgan fingerprint density at radius 2 is 1.76 bits per heavy atom. The number of aryl methyl sites for hydroxylation is 1. The maximum absolute atomic E-state index is 13.2. The summed E-state index contributed by atoms with van der Waals surface area (Å²) in [5.74, 6) is 0.0524. The number of para-hydroxylation sites is 1. The zero-order valence-corrected chi connectivity index (χ0v) is 17.3. The van der Waals surface area contributed by atoms with Gasteiger partial charge in [-0.15, -0.1) is 0 Å². The quantitative estimate of drug-likeness (QED) is 0.577. The van der Waals surface area contributed by atoms with Gasteiger partial charge in [-0.25, -0.2) is 4.98 Å². The average molecular weight is 408 g/mol. The highest BCUT2D eigenvalue weighted by Crippen LogP contribution is 2.23. The van der Waals surface area contributed by atoms with Crippen LogP contribution >= 0.6 is 11.6 Å². The van der Waals surface area contributed by atoms with Gasteiger partial charge in [0.05, 0.1) is 11.1 Å². The molecule has 29 heavy (non-hydrogen) atoms. The van der Waals surface area contributed by atoms with Crippen molar-refractivity contribution in [2.24, 2.45) is 0 Å². The Hall–Kier alpha value is -2.43. The zero-order chi connectivity index (χ0) is 20.1. The van der Waals surface area contributed by atoms with Crippen molar-refractivity contribution >= 4 is 28.4 Å². The van der Waals surface area contributed by atoms with E-state index in [9.17, 15) is 4.79 Å². The molecular formula is C24H26ClN3O. The number of carbonyl (C=O) groups excluding carboxylic acids is 1. The number of fused-ring (bicyclic) bond motifs is 1. The molecule has 1 aliphatic heterocycles. The first kappa shape index (κ1) is 19.9. The summed E-state index contributed by atoms with van der Waals surface area (Å²) in [4.78, 5) is 22.0. The molecular weight excluding hydrogens is 382 g/mol. The normalized spacial score (nSPS) is 15.4. The molecule has 2 aromatic carbocycles. The van der Waals surface area contributed by atoms with E-state index in [0.717, 1.165) is 62.9 Å². The largest absolute Gasteiger partial charge is 0.337 e. The molecule has 4 nitrogen and oxygen atoms in total. The van der Waals surface area contributed by atoms with Gasteiger partial charge in [-0.1, -0.05) is 60.1 Å². The minimum atomic E-state index is 0.0524. The lowest BCUT2D eigenvalue weighted by atomic mass is 10.1. The number of aromatic nitrogens is 1. The van der Waals surface area contributed by atoms with E-state index in [2.05, 4.69) is 40.2 Å². The number of hydrogen-bond donors (Lipinski definition) is 0. The summed E-state index contributed by atoms with van der Waals surface area (Å²) in [6, 6.07) is 20.0. The van der Waals surface area contributed by atoms with Gasteiger partial charge < -0.3 is 9.80 Å². The van der Waals surface area contributed by atoms with Gasteiger partial charge in [0, 0.05) is 25.0 Å². The fourth-order valence-electron chi connectivity index (χ4n) is 4.04. The molecule has 1 amide bonds. The van der Waals surface area contributed by atoms with E-state index in [1.807, 2.05) is 29.2 Å². The Bertz CT molecular complexity index is 976. The Morgan fingerprint density at radius 3 is 2.62 bits per heavy atom. The Balaban J connectivity index is 1.38. The van der Waals surface area contributed by atoms with E-state index >= 15 is 0 Å². The number of halogens is 1. The van der Waals surface area contributed by atoms with Crippen molar-refractivity contribution in [2.45, 2.75) is 19.3 Å². The molecule has 1 aliphatic rings. The van der Waals surface area contributed by atoms with E-state index in [-0.39, 0.29) is 5.91 Å². The van der Waals surface area contributed by atoms with Crippen molar-refractivity contribution in [2.75, 3.05) is 32.7 Å². The predicted molar refractivity (Wildman–Crippen MR) is 118 cm³/mol. The number of amides is 1. The molecule has 0 aliphatic carbocycles. The first-order chi connectivity index (χ1) is 14.2. The van der Waals surface area contributed by atoms with Gasteiger partial charge in [0.15, 0.2) is 0 Å². The highest BCUT2D eigenvalue weighted by atomic mass is 35.5. The van der Waals surface area contributed by atoms with E-state index in [1.54, 1.807) is 6.07 Å². The fraction of sp³-hybridized carbons (Fsp3) is 0.333. The standard InChI is InChI=1S/C24H26ClN3O/c25-23-18-21(20-11-4-5-12-22(20)26-23)24(29)28-15-7-14-27(16-17-28)13-6-10-19-8-2-1-3-9-19/h1-5,8-9,11-12,18H,6-7,10,13-17H2. The molecule has 0 bridgehead atoms. The van der Waals surface area contributed by atoms with Crippen LogP contribution in [0.15, 0.2) is 60.7 Å². The van der Waals surface area contributed by atoms with Crippen LogP contribution in [0.25, 0.3) is 10.9 Å². The summed E-state index contributed by atoms with van der Waals surface area (Å²) < 4.78 is 0. The minimum absolute atomic E-state index is 0.0524. The third-order valence-corrected chi connectivity index (χ3v) is 5.77. The second-order valence-electron chi connectivity index (χ2n) is 7.59. The van der Waals surface area contributed by atoms with Gasteiger partial charge >= 0.3 is 0 Å². The third-order valence-electron chi connectivity index (χ3n) is 5.57. The molecule has 2 heterocycles. The monoisotopic (exact) mass is 407 g/mol. The summed E-state index contributed by atoms with van der Waals surface area (Å²) in [5, 5.41) is 1.23. The molecule has 1 aromatic heterocycles. The van der Waals surface area contributed by atoms with Crippen molar-refractivity contribution in [3.8, 4) is 0 Å². The number of carbonyl (C=O) groups is 1. The van der Waals surface area contributed by atoms with Gasteiger partial charge in [0.1, 0.15) is 5.15 Å². The van der Waals surface area contributed by atoms with Gasteiger partial charge in [-0.05, 0) is 50.0 Å². The molecule has 0 N–H and O–H groups in total. The van der Waals surface area contributed by atoms with Gasteiger partial charge in [-0.2, -0.15) is 0 Å². The number of rotatable bonds is 5. The summed E-state index contributed by atoms with van der Waals surface area (Å²) in [6.07, 6.45) is 3.23. The summed E-state index contributed by atoms with van der Waals surface area (Å²) in [5.41, 5.74) is 2.81. The molecule has 1 saturated heterocycles. The Morgan fingerprint density at radius 1 is 0.966 bits per heavy atom. The molecule has 1 fully saturated rings. The summed E-state index contributed by atoms with van der Waals surface area (Å²) in [6.45, 7) is 4.55. The lowest BCUT2D eigenvalue weighted by Gasteiger charge is -2.22. The predicted octanol–water partition coefficient (Wildman–Crippen LogP) is 4.67. The first-order valence-corrected chi connectivity index (χ1v) is 10.7. The SMILES string of the molecule is O=C(c1cc(Cl)nc2ccccc12)N1CCCN(CCCc2ccccc2)CC1. The minimum Gasteiger partial charge on any atom is -0.337 e. The second kappa shape index (κ2) is 9.38. The second-order valence-corrected chi connectivity index (χ2v) is 7.97. The molecule has 0 atom stereocenters. The number of nitrogens with zero attached hydrogens (tertiary/aromatic N) is 3. The summed E-state index contributed by atoms with van der Waals surface area (Å²) >= 11 is 6.18. The molecule has 4 rings (SSSR count). The zero-order valence-electron chi connectivity index (χ0n) is 16.6. The number of hydrogen-bond acceptors (Lipinski definition) is 3. The van der Waals surface area contributed by atoms with E-state index in [1.165, 1.54) is 5.56 Å². The fourth-order valence-corrected chi connectivity index (χ4v) is 4.24. The number of pyridine rings is 1. The average Bonchev–Trinajstić information content (AvgIpc) is 2.99. The van der Waals surface area contributed by atoms with Crippen LogP contribution in [-0.4, -0.2) is 53.4 Å². The highest BCUT2D eigenvalue weighted by molar-refractivity contribution is 6.30. The topological polar surface area (TPSA) is 36.4 Å². The molecule has 3 aromatic rings. The molecule has 150 valence electrons. The van der Waals surface area contributed by atoms with Gasteiger partial charge in [0.25, 0.3) is 5.91 Å². The van der Waals surface area contributed by atoms with Crippen LogP contribution in [0, 0.1) is 0 Å². The first-order valence-electron chi connectivity index (χ1n) is 10.3. The third kappa shape index (κ3) is 4.95. The van der Waals surface area contributed by atoms with E-state index in [4.69, 9.17) is 11.6 Å². The van der Waals surface area contributed by atoms with Crippen LogP contribution in [0.1, 0.15) is 28.8 Å². The Kier molecular flexibility index (Phi) is 6.43. The van der Waals surface area contributed by atoms with E-state index < -0.39 is 0 Å². The van der Waals surface area contributed by atoms with Crippen LogP contribution in [0.2, 0.25) is 5.15 Å². The van der Waals surface area contributed by atoms with Crippen LogP contribution in [-0.2, 0) is 6.42 Å². The lowest BCUT2D eigenvalue weighted by molar-refractivity contribution is 0.0763. The highest BCUT2D eigenvalue weighted by Gasteiger charge is 2.22. The number of benzene rings is 2. The summed E-state index contributed by atoms with van der Waals surface area (Å²) in [7, 11) is 0. The maximum atomic E-state index is 13.2. The van der Waals surface area contributed by atoms with Crippen LogP contribution < -0.4 is 0 Å². The van der Waals surface area contributed by atoms with Crippen molar-refractivity contribution in [1.29, 1.82) is 0 Å². The van der Waals surface area contributed by atoms with Crippen molar-refractivity contribution in [1.82, 2.24) is 14.8 Å². The van der Waals surface area contributed by atoms with Crippen molar-refractivity contribution < 1.29 is 4.79 Å².